The van der Waals surface area contributed by atoms with Crippen molar-refractivity contribution >= 4 is 69.1 Å². The molecule has 0 spiro atoms. The minimum atomic E-state index is -0.235. The second-order valence-corrected chi connectivity index (χ2v) is 9.09. The first kappa shape index (κ1) is 19.3. The number of thiophene rings is 1. The van der Waals surface area contributed by atoms with Crippen LogP contribution in [-0.2, 0) is 0 Å². The van der Waals surface area contributed by atoms with Crippen LogP contribution in [0.2, 0.25) is 10.0 Å². The Labute approximate surface area is 188 Å². The van der Waals surface area contributed by atoms with Gasteiger partial charge in [-0.15, -0.1) is 16.4 Å². The molecule has 0 amide bonds. The smallest absolute Gasteiger partial charge is 0.291 e. The highest BCUT2D eigenvalue weighted by Gasteiger charge is 2.11. The first-order chi connectivity index (χ1) is 14.6. The van der Waals surface area contributed by atoms with Gasteiger partial charge in [0.2, 0.25) is 4.96 Å². The van der Waals surface area contributed by atoms with Gasteiger partial charge in [-0.25, -0.2) is 0 Å². The standard InChI is InChI=1S/C21H11Cl2N3O2S2/c22-12-3-6-15(16(23)10-12)17-7-4-13(28-17)11-18-20(27)26-21(30-18)24-19(25-26)8-5-14-2-1-9-29-14/h1-11H/b8-5+,18-11-. The van der Waals surface area contributed by atoms with Gasteiger partial charge in [-0.3, -0.25) is 4.79 Å². The van der Waals surface area contributed by atoms with E-state index in [9.17, 15) is 4.79 Å². The highest BCUT2D eigenvalue weighted by Crippen LogP contribution is 2.31. The maximum absolute atomic E-state index is 12.7. The number of furan rings is 1. The average Bonchev–Trinajstić information content (AvgIpc) is 3.49. The number of hydrogen-bond donors (Lipinski definition) is 0. The SMILES string of the molecule is O=c1/c(=C/c2ccc(-c3ccc(Cl)cc3Cl)o2)sc2nc(/C=C/c3cccs3)nn12. The molecule has 0 aliphatic heterocycles. The Morgan fingerprint density at radius 3 is 2.77 bits per heavy atom. The van der Waals surface area contributed by atoms with Crippen molar-refractivity contribution in [3.63, 3.8) is 0 Å². The fourth-order valence-electron chi connectivity index (χ4n) is 2.86. The number of hydrogen-bond acceptors (Lipinski definition) is 6. The number of nitrogens with zero attached hydrogens (tertiary/aromatic N) is 3. The molecule has 0 unspecified atom stereocenters. The second kappa shape index (κ2) is 7.85. The van der Waals surface area contributed by atoms with E-state index in [2.05, 4.69) is 10.1 Å². The van der Waals surface area contributed by atoms with Crippen LogP contribution in [-0.4, -0.2) is 14.6 Å². The summed E-state index contributed by atoms with van der Waals surface area (Å²) in [5.74, 6) is 1.63. The largest absolute Gasteiger partial charge is 0.457 e. The zero-order chi connectivity index (χ0) is 20.7. The molecular weight excluding hydrogens is 461 g/mol. The zero-order valence-electron chi connectivity index (χ0n) is 15.1. The molecule has 0 atom stereocenters. The van der Waals surface area contributed by atoms with Gasteiger partial charge in [-0.05, 0) is 53.9 Å². The number of thiazole rings is 1. The van der Waals surface area contributed by atoms with Gasteiger partial charge in [0, 0.05) is 21.5 Å². The minimum Gasteiger partial charge on any atom is -0.457 e. The lowest BCUT2D eigenvalue weighted by molar-refractivity contribution is 0.571. The third kappa shape index (κ3) is 3.73. The molecule has 0 saturated heterocycles. The molecule has 4 heterocycles. The van der Waals surface area contributed by atoms with Crippen molar-refractivity contribution in [2.75, 3.05) is 0 Å². The molecule has 1 aromatic carbocycles. The lowest BCUT2D eigenvalue weighted by atomic mass is 10.2. The van der Waals surface area contributed by atoms with Crippen molar-refractivity contribution < 1.29 is 4.42 Å². The molecule has 0 radical (unpaired) electrons. The number of fused-ring (bicyclic) bond motifs is 1. The second-order valence-electron chi connectivity index (χ2n) is 6.26. The van der Waals surface area contributed by atoms with E-state index in [1.807, 2.05) is 23.6 Å². The first-order valence-electron chi connectivity index (χ1n) is 8.75. The topological polar surface area (TPSA) is 60.4 Å². The van der Waals surface area contributed by atoms with Crippen molar-refractivity contribution in [2.45, 2.75) is 0 Å². The molecule has 5 nitrogen and oxygen atoms in total. The van der Waals surface area contributed by atoms with Gasteiger partial charge in [0.25, 0.3) is 5.56 Å². The summed E-state index contributed by atoms with van der Waals surface area (Å²) in [4.78, 5) is 18.7. The predicted molar refractivity (Wildman–Crippen MR) is 123 cm³/mol. The predicted octanol–water partition coefficient (Wildman–Crippen LogP) is 5.50. The maximum Gasteiger partial charge on any atom is 0.291 e. The van der Waals surface area contributed by atoms with Crippen molar-refractivity contribution in [2.24, 2.45) is 0 Å². The Morgan fingerprint density at radius 1 is 1.10 bits per heavy atom. The van der Waals surface area contributed by atoms with Gasteiger partial charge in [0.15, 0.2) is 5.82 Å². The lowest BCUT2D eigenvalue weighted by Crippen LogP contribution is -2.23. The van der Waals surface area contributed by atoms with Gasteiger partial charge >= 0.3 is 0 Å². The van der Waals surface area contributed by atoms with Crippen LogP contribution in [0.25, 0.3) is 34.5 Å². The molecule has 0 fully saturated rings. The number of benzene rings is 1. The van der Waals surface area contributed by atoms with Crippen molar-refractivity contribution in [1.82, 2.24) is 14.6 Å². The molecule has 0 bridgehead atoms. The summed E-state index contributed by atoms with van der Waals surface area (Å²) >= 11 is 15.1. The van der Waals surface area contributed by atoms with Gasteiger partial charge < -0.3 is 4.42 Å². The summed E-state index contributed by atoms with van der Waals surface area (Å²) in [7, 11) is 0. The quantitative estimate of drug-likeness (QED) is 0.347. The molecule has 148 valence electrons. The summed E-state index contributed by atoms with van der Waals surface area (Å²) < 4.78 is 7.65. The zero-order valence-corrected chi connectivity index (χ0v) is 18.2. The van der Waals surface area contributed by atoms with Gasteiger partial charge in [-0.1, -0.05) is 40.6 Å². The molecule has 0 aliphatic rings. The van der Waals surface area contributed by atoms with Crippen molar-refractivity contribution in [1.29, 1.82) is 0 Å². The molecular formula is C21H11Cl2N3O2S2. The molecule has 30 heavy (non-hydrogen) atoms. The van der Waals surface area contributed by atoms with Crippen LogP contribution in [0.4, 0.5) is 0 Å². The molecule has 0 N–H and O–H groups in total. The molecule has 0 aliphatic carbocycles. The Bertz CT molecular complexity index is 1500. The van der Waals surface area contributed by atoms with Crippen molar-refractivity contribution in [3.05, 3.63) is 89.2 Å². The molecule has 0 saturated carbocycles. The molecule has 5 aromatic rings. The van der Waals surface area contributed by atoms with Gasteiger partial charge in [0.1, 0.15) is 16.1 Å². The summed E-state index contributed by atoms with van der Waals surface area (Å²) in [6.07, 6.45) is 5.40. The summed E-state index contributed by atoms with van der Waals surface area (Å²) in [6.45, 7) is 0. The van der Waals surface area contributed by atoms with Gasteiger partial charge in [0.05, 0.1) is 5.02 Å². The van der Waals surface area contributed by atoms with Gasteiger partial charge in [-0.2, -0.15) is 9.50 Å². The average molecular weight is 472 g/mol. The van der Waals surface area contributed by atoms with E-state index >= 15 is 0 Å². The van der Waals surface area contributed by atoms with E-state index in [4.69, 9.17) is 27.6 Å². The fraction of sp³-hybridized carbons (Fsp3) is 0. The highest BCUT2D eigenvalue weighted by atomic mass is 35.5. The first-order valence-corrected chi connectivity index (χ1v) is 11.2. The molecule has 5 rings (SSSR count). The molecule has 9 heteroatoms. The van der Waals surface area contributed by atoms with Crippen LogP contribution in [0, 0.1) is 0 Å². The molecule has 4 aromatic heterocycles. The monoisotopic (exact) mass is 471 g/mol. The Hall–Kier alpha value is -2.71. The Kier molecular flexibility index (Phi) is 5.04. The van der Waals surface area contributed by atoms with Crippen LogP contribution in [0.3, 0.4) is 0 Å². The van der Waals surface area contributed by atoms with Crippen LogP contribution >= 0.6 is 45.9 Å². The van der Waals surface area contributed by atoms with Crippen LogP contribution in [0.5, 0.6) is 0 Å². The minimum absolute atomic E-state index is 0.235. The van der Waals surface area contributed by atoms with E-state index in [1.54, 1.807) is 53.8 Å². The van der Waals surface area contributed by atoms with E-state index in [-0.39, 0.29) is 5.56 Å². The summed E-state index contributed by atoms with van der Waals surface area (Å²) in [5.41, 5.74) is 0.494. The van der Waals surface area contributed by atoms with Crippen LogP contribution < -0.4 is 10.1 Å². The fourth-order valence-corrected chi connectivity index (χ4v) is 4.87. The number of aromatic nitrogens is 3. The number of rotatable bonds is 4. The third-order valence-electron chi connectivity index (χ3n) is 4.23. The maximum atomic E-state index is 12.7. The Balaban J connectivity index is 1.46. The summed E-state index contributed by atoms with van der Waals surface area (Å²) in [5, 5.41) is 7.33. The Morgan fingerprint density at radius 2 is 2.00 bits per heavy atom. The number of halogens is 2. The van der Waals surface area contributed by atoms with E-state index in [0.29, 0.717) is 36.9 Å². The van der Waals surface area contributed by atoms with Crippen molar-refractivity contribution in [3.8, 4) is 11.3 Å². The highest BCUT2D eigenvalue weighted by molar-refractivity contribution is 7.15. The van der Waals surface area contributed by atoms with E-state index < -0.39 is 0 Å². The normalized spacial score (nSPS) is 12.5. The third-order valence-corrected chi connectivity index (χ3v) is 6.58. The van der Waals surface area contributed by atoms with Crippen LogP contribution in [0.15, 0.2) is 57.1 Å². The van der Waals surface area contributed by atoms with E-state index in [1.165, 1.54) is 15.9 Å². The van der Waals surface area contributed by atoms with E-state index in [0.717, 1.165) is 10.4 Å². The summed E-state index contributed by atoms with van der Waals surface area (Å²) in [6, 6.07) is 12.8. The lowest BCUT2D eigenvalue weighted by Gasteiger charge is -2.00. The van der Waals surface area contributed by atoms with Crippen LogP contribution in [0.1, 0.15) is 16.5 Å².